The summed E-state index contributed by atoms with van der Waals surface area (Å²) in [6.07, 6.45) is 1.64. The summed E-state index contributed by atoms with van der Waals surface area (Å²) in [7, 11) is 0. The molecule has 0 aliphatic carbocycles. The average Bonchev–Trinajstić information content (AvgIpc) is 2.04. The van der Waals surface area contributed by atoms with Crippen LogP contribution in [0, 0.1) is 5.92 Å². The summed E-state index contributed by atoms with van der Waals surface area (Å²) in [4.78, 5) is 10.7. The number of carbonyl (C=O) groups excluding carboxylic acids is 1. The first kappa shape index (κ1) is 8.53. The maximum Gasteiger partial charge on any atom is 0.220 e. The number of carbonyl (C=O) groups is 1. The predicted octanol–water partition coefficient (Wildman–Crippen LogP) is 0.549. The first-order chi connectivity index (χ1) is 5.33. The first-order valence-corrected chi connectivity index (χ1v) is 4.17. The van der Waals surface area contributed by atoms with Crippen LogP contribution in [0.1, 0.15) is 19.8 Å². The summed E-state index contributed by atoms with van der Waals surface area (Å²) >= 11 is 0. The van der Waals surface area contributed by atoms with Crippen LogP contribution in [0.4, 0.5) is 0 Å². The zero-order valence-corrected chi connectivity index (χ0v) is 6.93. The molecule has 1 aliphatic heterocycles. The number of hydrogen-bond donors (Lipinski definition) is 1. The molecule has 1 amide bonds. The van der Waals surface area contributed by atoms with Crippen LogP contribution < -0.4 is 5.32 Å². The molecule has 1 N–H and O–H groups in total. The highest BCUT2D eigenvalue weighted by atomic mass is 16.5. The van der Waals surface area contributed by atoms with Gasteiger partial charge in [-0.25, -0.2) is 0 Å². The summed E-state index contributed by atoms with van der Waals surface area (Å²) < 4.78 is 5.26. The normalized spacial score (nSPS) is 24.8. The third kappa shape index (κ3) is 2.89. The van der Waals surface area contributed by atoms with Gasteiger partial charge in [0, 0.05) is 25.5 Å². The summed E-state index contributed by atoms with van der Waals surface area (Å²) in [6.45, 7) is 4.33. The molecule has 1 atom stereocenters. The molecule has 0 radical (unpaired) electrons. The minimum Gasteiger partial charge on any atom is -0.381 e. The summed E-state index contributed by atoms with van der Waals surface area (Å²) in [5.74, 6) is 0.713. The largest absolute Gasteiger partial charge is 0.381 e. The molecular formula is C8H15NO2. The number of amides is 1. The lowest BCUT2D eigenvalue weighted by Gasteiger charge is -2.21. The molecule has 1 aliphatic rings. The maximum absolute atomic E-state index is 10.7. The van der Waals surface area contributed by atoms with Crippen molar-refractivity contribution in [3.05, 3.63) is 0 Å². The fourth-order valence-electron chi connectivity index (χ4n) is 1.21. The zero-order chi connectivity index (χ0) is 8.10. The molecule has 1 saturated heterocycles. The molecule has 1 rings (SSSR count). The van der Waals surface area contributed by atoms with Crippen molar-refractivity contribution in [1.29, 1.82) is 0 Å². The van der Waals surface area contributed by atoms with E-state index in [0.29, 0.717) is 12.3 Å². The standard InChI is InChI=1S/C8H15NO2/c1-2-11-6-7-3-4-8(10)9-5-7/h7H,2-6H2,1H3,(H,9,10). The monoisotopic (exact) mass is 157 g/mol. The van der Waals surface area contributed by atoms with E-state index in [1.54, 1.807) is 0 Å². The fourth-order valence-corrected chi connectivity index (χ4v) is 1.21. The smallest absolute Gasteiger partial charge is 0.220 e. The second kappa shape index (κ2) is 4.34. The average molecular weight is 157 g/mol. The highest BCUT2D eigenvalue weighted by Crippen LogP contribution is 2.10. The predicted molar refractivity (Wildman–Crippen MR) is 42.2 cm³/mol. The highest BCUT2D eigenvalue weighted by Gasteiger charge is 2.17. The SMILES string of the molecule is CCOCC1CCC(=O)NC1. The molecule has 0 bridgehead atoms. The molecule has 0 aromatic heterocycles. The molecule has 1 fully saturated rings. The van der Waals surface area contributed by atoms with Gasteiger partial charge in [0.2, 0.25) is 5.91 Å². The molecule has 1 unspecified atom stereocenters. The van der Waals surface area contributed by atoms with Crippen molar-refractivity contribution in [2.24, 2.45) is 5.92 Å². The zero-order valence-electron chi connectivity index (χ0n) is 6.93. The molecule has 0 aromatic carbocycles. The molecule has 11 heavy (non-hydrogen) atoms. The van der Waals surface area contributed by atoms with Gasteiger partial charge in [0.05, 0.1) is 6.61 Å². The number of piperidine rings is 1. The Morgan fingerprint density at radius 3 is 3.09 bits per heavy atom. The Kier molecular flexibility index (Phi) is 3.36. The number of ether oxygens (including phenoxy) is 1. The van der Waals surface area contributed by atoms with E-state index >= 15 is 0 Å². The second-order valence-electron chi connectivity index (χ2n) is 2.87. The van der Waals surface area contributed by atoms with Crippen LogP contribution in [0.3, 0.4) is 0 Å². The minimum absolute atomic E-state index is 0.178. The molecule has 0 saturated carbocycles. The van der Waals surface area contributed by atoms with Gasteiger partial charge in [0.15, 0.2) is 0 Å². The van der Waals surface area contributed by atoms with Crippen LogP contribution in [-0.2, 0) is 9.53 Å². The van der Waals surface area contributed by atoms with Crippen molar-refractivity contribution in [3.8, 4) is 0 Å². The highest BCUT2D eigenvalue weighted by molar-refractivity contribution is 5.76. The molecule has 0 aromatic rings. The van der Waals surface area contributed by atoms with Gasteiger partial charge in [0.25, 0.3) is 0 Å². The van der Waals surface area contributed by atoms with Crippen molar-refractivity contribution in [2.45, 2.75) is 19.8 Å². The van der Waals surface area contributed by atoms with Crippen LogP contribution >= 0.6 is 0 Å². The Labute approximate surface area is 67.1 Å². The molecule has 3 nitrogen and oxygen atoms in total. The molecular weight excluding hydrogens is 142 g/mol. The van der Waals surface area contributed by atoms with Crippen LogP contribution in [0.5, 0.6) is 0 Å². The van der Waals surface area contributed by atoms with Crippen molar-refractivity contribution in [3.63, 3.8) is 0 Å². The lowest BCUT2D eigenvalue weighted by atomic mass is 10.0. The van der Waals surface area contributed by atoms with Crippen molar-refractivity contribution in [2.75, 3.05) is 19.8 Å². The van der Waals surface area contributed by atoms with Gasteiger partial charge in [0.1, 0.15) is 0 Å². The molecule has 64 valence electrons. The van der Waals surface area contributed by atoms with Gasteiger partial charge in [-0.3, -0.25) is 4.79 Å². The first-order valence-electron chi connectivity index (χ1n) is 4.17. The van der Waals surface area contributed by atoms with E-state index in [4.69, 9.17) is 4.74 Å². The van der Waals surface area contributed by atoms with Crippen LogP contribution in [-0.4, -0.2) is 25.7 Å². The van der Waals surface area contributed by atoms with E-state index in [1.165, 1.54) is 0 Å². The van der Waals surface area contributed by atoms with Crippen LogP contribution in [0.2, 0.25) is 0 Å². The van der Waals surface area contributed by atoms with E-state index in [2.05, 4.69) is 5.32 Å². The molecule has 3 heteroatoms. The van der Waals surface area contributed by atoms with Gasteiger partial charge in [-0.2, -0.15) is 0 Å². The summed E-state index contributed by atoms with van der Waals surface area (Å²) in [5.41, 5.74) is 0. The van der Waals surface area contributed by atoms with Crippen LogP contribution in [0.15, 0.2) is 0 Å². The van der Waals surface area contributed by atoms with Gasteiger partial charge in [-0.05, 0) is 13.3 Å². The number of rotatable bonds is 3. The summed E-state index contributed by atoms with van der Waals surface area (Å²) in [6, 6.07) is 0. The number of nitrogens with one attached hydrogen (secondary N) is 1. The molecule has 1 heterocycles. The van der Waals surface area contributed by atoms with E-state index in [1.807, 2.05) is 6.92 Å². The van der Waals surface area contributed by atoms with E-state index in [0.717, 1.165) is 26.2 Å². The third-order valence-electron chi connectivity index (χ3n) is 1.93. The quantitative estimate of drug-likeness (QED) is 0.649. The fraction of sp³-hybridized carbons (Fsp3) is 0.875. The summed E-state index contributed by atoms with van der Waals surface area (Å²) in [5, 5.41) is 2.82. The van der Waals surface area contributed by atoms with Gasteiger partial charge in [-0.15, -0.1) is 0 Å². The van der Waals surface area contributed by atoms with Gasteiger partial charge < -0.3 is 10.1 Å². The topological polar surface area (TPSA) is 38.3 Å². The van der Waals surface area contributed by atoms with E-state index in [9.17, 15) is 4.79 Å². The minimum atomic E-state index is 0.178. The van der Waals surface area contributed by atoms with E-state index < -0.39 is 0 Å². The van der Waals surface area contributed by atoms with Crippen molar-refractivity contribution < 1.29 is 9.53 Å². The Morgan fingerprint density at radius 2 is 2.55 bits per heavy atom. The number of hydrogen-bond acceptors (Lipinski definition) is 2. The Bertz CT molecular complexity index is 126. The van der Waals surface area contributed by atoms with E-state index in [-0.39, 0.29) is 5.91 Å². The Hall–Kier alpha value is -0.570. The second-order valence-corrected chi connectivity index (χ2v) is 2.87. The van der Waals surface area contributed by atoms with Crippen molar-refractivity contribution >= 4 is 5.91 Å². The van der Waals surface area contributed by atoms with Gasteiger partial charge >= 0.3 is 0 Å². The van der Waals surface area contributed by atoms with Crippen LogP contribution in [0.25, 0.3) is 0 Å². The lowest BCUT2D eigenvalue weighted by Crippen LogP contribution is -2.36. The molecule has 0 spiro atoms. The Balaban J connectivity index is 2.12. The third-order valence-corrected chi connectivity index (χ3v) is 1.93. The van der Waals surface area contributed by atoms with Crippen molar-refractivity contribution in [1.82, 2.24) is 5.32 Å². The van der Waals surface area contributed by atoms with Gasteiger partial charge in [-0.1, -0.05) is 0 Å². The maximum atomic E-state index is 10.7. The lowest BCUT2D eigenvalue weighted by molar-refractivity contribution is -0.123. The Morgan fingerprint density at radius 1 is 1.73 bits per heavy atom.